The summed E-state index contributed by atoms with van der Waals surface area (Å²) in [4.78, 5) is 26.7. The highest BCUT2D eigenvalue weighted by atomic mass is 16.7. The van der Waals surface area contributed by atoms with Crippen molar-refractivity contribution in [3.63, 3.8) is 0 Å². The lowest BCUT2D eigenvalue weighted by molar-refractivity contribution is -0.305. The lowest BCUT2D eigenvalue weighted by atomic mass is 9.99. The molecule has 1 aliphatic heterocycles. The summed E-state index contributed by atoms with van der Waals surface area (Å²) >= 11 is 0. The van der Waals surface area contributed by atoms with E-state index < -0.39 is 67.4 Å². The molecule has 0 aliphatic carbocycles. The largest absolute Gasteiger partial charge is 0.454 e. The lowest BCUT2D eigenvalue weighted by Crippen LogP contribution is -2.61. The summed E-state index contributed by atoms with van der Waals surface area (Å²) in [6.45, 7) is 5.73. The third-order valence-electron chi connectivity index (χ3n) is 15.6. The maximum Gasteiger partial charge on any atom is 0.306 e. The van der Waals surface area contributed by atoms with Gasteiger partial charge in [0, 0.05) is 6.42 Å². The molecule has 0 aromatic rings. The first-order valence-corrected chi connectivity index (χ1v) is 34.7. The van der Waals surface area contributed by atoms with Gasteiger partial charge in [-0.15, -0.1) is 0 Å². The van der Waals surface area contributed by atoms with Crippen LogP contribution in [0.1, 0.15) is 284 Å². The van der Waals surface area contributed by atoms with Gasteiger partial charge in [0.25, 0.3) is 0 Å². The van der Waals surface area contributed by atoms with E-state index in [2.05, 4.69) is 123 Å². The molecule has 488 valence electrons. The monoisotopic (exact) mass is 1190 g/mol. The maximum absolute atomic E-state index is 13.5. The number of rotatable bonds is 58. The summed E-state index contributed by atoms with van der Waals surface area (Å²) in [6, 6.07) is -1.04. The average molecular weight is 1190 g/mol. The second-order valence-electron chi connectivity index (χ2n) is 23.6. The number of hydrogen-bond acceptors (Lipinski definition) is 10. The Labute approximate surface area is 519 Å². The Hall–Kier alpha value is -3.68. The van der Waals surface area contributed by atoms with Crippen molar-refractivity contribution in [2.24, 2.45) is 0 Å². The van der Waals surface area contributed by atoms with Crippen LogP contribution in [0, 0.1) is 0 Å². The van der Waals surface area contributed by atoms with Crippen molar-refractivity contribution in [1.82, 2.24) is 5.32 Å². The number of nitrogens with one attached hydrogen (secondary N) is 1. The van der Waals surface area contributed by atoms with Crippen LogP contribution >= 0.6 is 0 Å². The van der Waals surface area contributed by atoms with Crippen molar-refractivity contribution >= 4 is 11.9 Å². The van der Waals surface area contributed by atoms with Gasteiger partial charge in [-0.25, -0.2) is 0 Å². The average Bonchev–Trinajstić information content (AvgIpc) is 3.17. The van der Waals surface area contributed by atoms with Gasteiger partial charge in [-0.2, -0.15) is 0 Å². The van der Waals surface area contributed by atoms with Crippen LogP contribution in [-0.2, 0) is 23.8 Å². The van der Waals surface area contributed by atoms with Crippen LogP contribution in [0.2, 0.25) is 0 Å². The van der Waals surface area contributed by atoms with E-state index in [0.717, 1.165) is 109 Å². The highest BCUT2D eigenvalue weighted by molar-refractivity contribution is 5.80. The molecule has 1 amide bonds. The summed E-state index contributed by atoms with van der Waals surface area (Å²) in [6.07, 6.45) is 72.6. The number of allylic oxidation sites excluding steroid dienone is 17. The van der Waals surface area contributed by atoms with E-state index in [1.54, 1.807) is 6.08 Å². The van der Waals surface area contributed by atoms with E-state index in [0.29, 0.717) is 12.8 Å². The van der Waals surface area contributed by atoms with Gasteiger partial charge in [-0.3, -0.25) is 9.59 Å². The van der Waals surface area contributed by atoms with Gasteiger partial charge >= 0.3 is 5.97 Å². The Kier molecular flexibility index (Phi) is 56.6. The van der Waals surface area contributed by atoms with Crippen LogP contribution in [0.25, 0.3) is 0 Å². The number of amides is 1. The molecule has 0 aromatic heterocycles. The molecule has 6 N–H and O–H groups in total. The first-order valence-electron chi connectivity index (χ1n) is 34.7. The van der Waals surface area contributed by atoms with E-state index in [1.807, 2.05) is 6.08 Å². The minimum atomic E-state index is -1.64. The number of hydrogen-bond donors (Lipinski definition) is 6. The predicted octanol–water partition coefficient (Wildman–Crippen LogP) is 17.6. The van der Waals surface area contributed by atoms with Crippen LogP contribution in [-0.4, -0.2) is 99.6 Å². The molecule has 0 aromatic carbocycles. The van der Waals surface area contributed by atoms with Gasteiger partial charge in [0.1, 0.15) is 24.4 Å². The van der Waals surface area contributed by atoms with Crippen LogP contribution in [0.4, 0.5) is 0 Å². The Morgan fingerprint density at radius 2 is 0.812 bits per heavy atom. The number of aliphatic hydroxyl groups excluding tert-OH is 5. The number of esters is 1. The van der Waals surface area contributed by atoms with E-state index >= 15 is 0 Å². The number of aliphatic hydroxyl groups is 5. The molecule has 0 radical (unpaired) electrons. The quantitative estimate of drug-likeness (QED) is 0.0195. The van der Waals surface area contributed by atoms with Gasteiger partial charge in [0.05, 0.1) is 25.4 Å². The molecule has 1 saturated heterocycles. The molecule has 1 rings (SSSR count). The van der Waals surface area contributed by atoms with Crippen molar-refractivity contribution in [3.8, 4) is 0 Å². The fourth-order valence-electron chi connectivity index (χ4n) is 10.1. The molecule has 1 heterocycles. The molecule has 11 nitrogen and oxygen atoms in total. The molecule has 1 aliphatic rings. The number of ether oxygens (including phenoxy) is 3. The number of unbranched alkanes of at least 4 members (excludes halogenated alkanes) is 28. The van der Waals surface area contributed by atoms with E-state index in [-0.39, 0.29) is 19.4 Å². The second-order valence-corrected chi connectivity index (χ2v) is 23.6. The summed E-state index contributed by atoms with van der Waals surface area (Å²) in [5.41, 5.74) is 0. The van der Waals surface area contributed by atoms with Crippen molar-refractivity contribution in [3.05, 3.63) is 109 Å². The van der Waals surface area contributed by atoms with Crippen molar-refractivity contribution in [1.29, 1.82) is 0 Å². The third-order valence-corrected chi connectivity index (χ3v) is 15.6. The van der Waals surface area contributed by atoms with Crippen LogP contribution in [0.15, 0.2) is 109 Å². The topological polar surface area (TPSA) is 175 Å². The summed E-state index contributed by atoms with van der Waals surface area (Å²) in [7, 11) is 0. The first kappa shape index (κ1) is 79.3. The number of carbonyl (C=O) groups is 2. The van der Waals surface area contributed by atoms with E-state index in [1.165, 1.54) is 128 Å². The molecule has 0 spiro atoms. The zero-order valence-corrected chi connectivity index (χ0v) is 54.2. The SMILES string of the molecule is CCCCC/C=C\C/C=C\C/C=C\C/C=C\CCCCCCCCCCC(O)C(=O)NC(COC1OC(CO)C(O)C(O)C1OC(=O)CCCCC/C=C\C/C=C\C/C=C\C/C=C\CCCCC)C(O)/C=C/CCCCCCCCCCCCC. The number of carbonyl (C=O) groups excluding carboxylic acids is 2. The summed E-state index contributed by atoms with van der Waals surface area (Å²) in [5.74, 6) is -1.24. The van der Waals surface area contributed by atoms with Crippen LogP contribution in [0.5, 0.6) is 0 Å². The predicted molar refractivity (Wildman–Crippen MR) is 356 cm³/mol. The molecule has 1 fully saturated rings. The fourth-order valence-corrected chi connectivity index (χ4v) is 10.1. The minimum absolute atomic E-state index is 0.0805. The Balaban J connectivity index is 2.65. The molecule has 8 unspecified atom stereocenters. The van der Waals surface area contributed by atoms with Gasteiger partial charge in [-0.05, 0) is 116 Å². The van der Waals surface area contributed by atoms with Gasteiger partial charge in [0.2, 0.25) is 5.91 Å². The summed E-state index contributed by atoms with van der Waals surface area (Å²) in [5, 5.41) is 57.2. The second kappa shape index (κ2) is 60.6. The van der Waals surface area contributed by atoms with Gasteiger partial charge in [0.15, 0.2) is 12.4 Å². The smallest absolute Gasteiger partial charge is 0.306 e. The first-order chi connectivity index (χ1) is 41.7. The van der Waals surface area contributed by atoms with Crippen molar-refractivity contribution < 1.29 is 49.3 Å². The molecule has 11 heteroatoms. The highest BCUT2D eigenvalue weighted by Crippen LogP contribution is 2.26. The van der Waals surface area contributed by atoms with E-state index in [9.17, 15) is 35.1 Å². The molecular weight excluding hydrogens is 1060 g/mol. The Morgan fingerprint density at radius 1 is 0.459 bits per heavy atom. The zero-order chi connectivity index (χ0) is 61.7. The van der Waals surface area contributed by atoms with E-state index in [4.69, 9.17) is 14.2 Å². The minimum Gasteiger partial charge on any atom is -0.454 e. The van der Waals surface area contributed by atoms with Crippen LogP contribution in [0.3, 0.4) is 0 Å². The normalized spacial score (nSPS) is 19.1. The zero-order valence-electron chi connectivity index (χ0n) is 54.2. The Bertz CT molecular complexity index is 1800. The Morgan fingerprint density at radius 3 is 1.24 bits per heavy atom. The van der Waals surface area contributed by atoms with Crippen molar-refractivity contribution in [2.45, 2.75) is 333 Å². The fraction of sp³-hybridized carbons (Fsp3) is 0.730. The van der Waals surface area contributed by atoms with Crippen molar-refractivity contribution in [2.75, 3.05) is 13.2 Å². The molecule has 8 atom stereocenters. The molecule has 0 bridgehead atoms. The molecular formula is C74H127NO10. The highest BCUT2D eigenvalue weighted by Gasteiger charge is 2.47. The maximum atomic E-state index is 13.5. The van der Waals surface area contributed by atoms with Gasteiger partial charge in [-0.1, -0.05) is 271 Å². The third kappa shape index (κ3) is 48.0. The van der Waals surface area contributed by atoms with Crippen LogP contribution < -0.4 is 5.32 Å². The molecule has 0 saturated carbocycles. The van der Waals surface area contributed by atoms with Gasteiger partial charge < -0.3 is 45.1 Å². The standard InChI is InChI=1S/C74H127NO10/c1-4-7-10-13-16-19-22-25-27-29-31-32-33-34-35-37-38-40-43-46-49-52-55-58-61-67(78)73(82)75-65(66(77)60-57-54-51-48-45-42-24-21-18-15-12-9-6-3)64-83-74-72(71(81)70(80)68(63-76)84-74)85-69(79)62-59-56-53-50-47-44-41-39-36-30-28-26-23-20-17-14-11-8-5-2/h16-17,19-20,25-28,31-32,34-36,39,44,47,57,60,65-68,70-72,74,76-78,80-81H,4-15,18,21-24,29-30,33,37-38,40-43,45-46,48-56,58-59,61-64H2,1-3H3,(H,75,82)/b19-16-,20-17-,27-25-,28-26-,32-31-,35-34-,39-36-,47-44-,60-57+. The molecule has 85 heavy (non-hydrogen) atoms. The lowest BCUT2D eigenvalue weighted by Gasteiger charge is -2.41. The summed E-state index contributed by atoms with van der Waals surface area (Å²) < 4.78 is 17.6.